The molecule has 0 aliphatic heterocycles. The van der Waals surface area contributed by atoms with Crippen molar-refractivity contribution < 1.29 is 13.2 Å². The van der Waals surface area contributed by atoms with E-state index in [0.29, 0.717) is 12.3 Å². The minimum atomic E-state index is -3.77. The lowest BCUT2D eigenvalue weighted by Gasteiger charge is -2.12. The van der Waals surface area contributed by atoms with Gasteiger partial charge in [-0.1, -0.05) is 6.92 Å². The normalized spacial score (nSPS) is 12.3. The molecule has 0 aromatic carbocycles. The van der Waals surface area contributed by atoms with Crippen molar-refractivity contribution in [3.05, 3.63) is 11.9 Å². The number of hydrogen-bond acceptors (Lipinski definition) is 4. The van der Waals surface area contributed by atoms with Crippen LogP contribution in [0.25, 0.3) is 0 Å². The van der Waals surface area contributed by atoms with Crippen LogP contribution in [-0.2, 0) is 20.4 Å². The zero-order valence-corrected chi connectivity index (χ0v) is 11.8. The third kappa shape index (κ3) is 3.69. The van der Waals surface area contributed by atoms with Gasteiger partial charge in [-0.25, -0.2) is 8.42 Å². The van der Waals surface area contributed by atoms with Crippen molar-refractivity contribution in [1.82, 2.24) is 9.78 Å². The highest BCUT2D eigenvalue weighted by Gasteiger charge is 2.22. The van der Waals surface area contributed by atoms with E-state index >= 15 is 0 Å². The molecule has 1 aromatic heterocycles. The number of ether oxygens (including phenoxy) is 1. The van der Waals surface area contributed by atoms with Crippen molar-refractivity contribution in [2.45, 2.75) is 44.7 Å². The Kier molecular flexibility index (Phi) is 4.97. The van der Waals surface area contributed by atoms with Crippen LogP contribution in [0.5, 0.6) is 0 Å². The Hall–Kier alpha value is -0.590. The number of nitrogens with zero attached hydrogens (tertiary/aromatic N) is 2. The molecular weight excluding hydrogens is 264 g/mol. The lowest BCUT2D eigenvalue weighted by molar-refractivity contribution is 0.113. The smallest absolute Gasteiger partial charge is 0.264 e. The van der Waals surface area contributed by atoms with E-state index in [2.05, 4.69) is 5.10 Å². The van der Waals surface area contributed by atoms with Crippen LogP contribution >= 0.6 is 10.7 Å². The molecule has 0 atom stereocenters. The summed E-state index contributed by atoms with van der Waals surface area (Å²) in [6.45, 7) is 6.60. The summed E-state index contributed by atoms with van der Waals surface area (Å²) in [7, 11) is 1.58. The van der Waals surface area contributed by atoms with E-state index in [1.807, 2.05) is 20.8 Å². The van der Waals surface area contributed by atoms with Gasteiger partial charge in [-0.15, -0.1) is 0 Å². The van der Waals surface area contributed by atoms with Gasteiger partial charge < -0.3 is 4.74 Å². The third-order valence-electron chi connectivity index (χ3n) is 2.20. The van der Waals surface area contributed by atoms with Crippen molar-refractivity contribution in [1.29, 1.82) is 0 Å². The first kappa shape index (κ1) is 14.5. The minimum Gasteiger partial charge on any atom is -0.375 e. The Bertz CT molecular complexity index is 468. The molecule has 98 valence electrons. The largest absolute Gasteiger partial charge is 0.375 e. The molecule has 0 saturated heterocycles. The molecule has 1 aromatic rings. The Morgan fingerprint density at radius 1 is 1.53 bits per heavy atom. The number of aromatic nitrogens is 2. The van der Waals surface area contributed by atoms with Crippen LogP contribution in [0.2, 0.25) is 0 Å². The molecule has 5 nitrogen and oxygen atoms in total. The maximum atomic E-state index is 11.4. The van der Waals surface area contributed by atoms with Gasteiger partial charge in [-0.05, 0) is 20.3 Å². The molecule has 1 heterocycles. The van der Waals surface area contributed by atoms with Gasteiger partial charge in [0.25, 0.3) is 9.05 Å². The van der Waals surface area contributed by atoms with Crippen LogP contribution in [0.1, 0.15) is 38.9 Å². The van der Waals surface area contributed by atoms with Gasteiger partial charge in [-0.2, -0.15) is 5.10 Å². The average molecular weight is 281 g/mol. The summed E-state index contributed by atoms with van der Waals surface area (Å²) in [6, 6.07) is 0.0578. The second-order valence-corrected chi connectivity index (χ2v) is 6.52. The van der Waals surface area contributed by atoms with Crippen molar-refractivity contribution in [3.8, 4) is 0 Å². The van der Waals surface area contributed by atoms with Crippen LogP contribution in [0.3, 0.4) is 0 Å². The molecule has 0 N–H and O–H groups in total. The van der Waals surface area contributed by atoms with E-state index in [4.69, 9.17) is 15.4 Å². The lowest BCUT2D eigenvalue weighted by Crippen LogP contribution is -2.11. The summed E-state index contributed by atoms with van der Waals surface area (Å²) in [5.41, 5.74) is 0.503. The Labute approximate surface area is 106 Å². The fourth-order valence-electron chi connectivity index (χ4n) is 1.47. The predicted octanol–water partition coefficient (Wildman–Crippen LogP) is 2.32. The van der Waals surface area contributed by atoms with Gasteiger partial charge in [0.15, 0.2) is 0 Å². The van der Waals surface area contributed by atoms with E-state index < -0.39 is 9.05 Å². The summed E-state index contributed by atoms with van der Waals surface area (Å²) >= 11 is 0. The first-order valence-corrected chi connectivity index (χ1v) is 7.77. The molecule has 0 spiro atoms. The van der Waals surface area contributed by atoms with Crippen LogP contribution in [0, 0.1) is 0 Å². The second-order valence-electron chi connectivity index (χ2n) is 3.98. The number of rotatable bonds is 6. The molecule has 0 unspecified atom stereocenters. The van der Waals surface area contributed by atoms with Crippen molar-refractivity contribution in [2.75, 3.05) is 6.61 Å². The molecule has 0 aliphatic carbocycles. The van der Waals surface area contributed by atoms with Crippen LogP contribution in [0.4, 0.5) is 0 Å². The van der Waals surface area contributed by atoms with Crippen molar-refractivity contribution in [2.24, 2.45) is 0 Å². The Morgan fingerprint density at radius 3 is 2.65 bits per heavy atom. The highest BCUT2D eigenvalue weighted by Crippen LogP contribution is 2.23. The molecule has 0 radical (unpaired) electrons. The van der Waals surface area contributed by atoms with Crippen LogP contribution in [-0.4, -0.2) is 24.8 Å². The van der Waals surface area contributed by atoms with E-state index in [0.717, 1.165) is 6.42 Å². The Balaban J connectivity index is 3.07. The monoisotopic (exact) mass is 280 g/mol. The van der Waals surface area contributed by atoms with Crippen molar-refractivity contribution >= 4 is 19.7 Å². The van der Waals surface area contributed by atoms with E-state index in [9.17, 15) is 8.42 Å². The van der Waals surface area contributed by atoms with Gasteiger partial charge >= 0.3 is 0 Å². The molecule has 0 saturated carbocycles. The SMILES string of the molecule is CCCOCc1c(S(=O)(=O)Cl)cnn1C(C)C. The summed E-state index contributed by atoms with van der Waals surface area (Å²) in [6.07, 6.45) is 2.14. The zero-order valence-electron chi connectivity index (χ0n) is 10.2. The third-order valence-corrected chi connectivity index (χ3v) is 3.56. The quantitative estimate of drug-likeness (QED) is 0.593. The molecule has 1 rings (SSSR count). The van der Waals surface area contributed by atoms with Gasteiger partial charge in [0.1, 0.15) is 4.90 Å². The van der Waals surface area contributed by atoms with Gasteiger partial charge in [0.05, 0.1) is 18.5 Å². The summed E-state index contributed by atoms with van der Waals surface area (Å²) in [5.74, 6) is 0. The first-order chi connectivity index (χ1) is 7.88. The predicted molar refractivity (Wildman–Crippen MR) is 65.6 cm³/mol. The molecule has 0 bridgehead atoms. The van der Waals surface area contributed by atoms with Crippen LogP contribution in [0.15, 0.2) is 11.1 Å². The summed E-state index contributed by atoms with van der Waals surface area (Å²) in [5, 5.41) is 4.03. The summed E-state index contributed by atoms with van der Waals surface area (Å²) < 4.78 is 29.7. The molecular formula is C10H17ClN2O3S. The molecule has 0 aliphatic rings. The van der Waals surface area contributed by atoms with E-state index in [1.165, 1.54) is 6.20 Å². The Morgan fingerprint density at radius 2 is 2.18 bits per heavy atom. The van der Waals surface area contributed by atoms with Crippen LogP contribution < -0.4 is 0 Å². The topological polar surface area (TPSA) is 61.2 Å². The van der Waals surface area contributed by atoms with E-state index in [-0.39, 0.29) is 17.5 Å². The number of hydrogen-bond donors (Lipinski definition) is 0. The van der Waals surface area contributed by atoms with Crippen molar-refractivity contribution in [3.63, 3.8) is 0 Å². The fraction of sp³-hybridized carbons (Fsp3) is 0.700. The van der Waals surface area contributed by atoms with Gasteiger partial charge in [0, 0.05) is 23.3 Å². The molecule has 0 fully saturated rings. The molecule has 0 amide bonds. The maximum absolute atomic E-state index is 11.4. The standard InChI is InChI=1S/C10H17ClN2O3S/c1-4-5-16-7-9-10(17(11,14)15)6-12-13(9)8(2)3/h6,8H,4-5,7H2,1-3H3. The lowest BCUT2D eigenvalue weighted by atomic mass is 10.3. The summed E-state index contributed by atoms with van der Waals surface area (Å²) in [4.78, 5) is 0.0315. The highest BCUT2D eigenvalue weighted by molar-refractivity contribution is 8.13. The highest BCUT2D eigenvalue weighted by atomic mass is 35.7. The maximum Gasteiger partial charge on any atom is 0.264 e. The van der Waals surface area contributed by atoms with Gasteiger partial charge in [0.2, 0.25) is 0 Å². The average Bonchev–Trinajstić information content (AvgIpc) is 2.61. The molecule has 17 heavy (non-hydrogen) atoms. The second kappa shape index (κ2) is 5.84. The fourth-order valence-corrected chi connectivity index (χ4v) is 2.46. The minimum absolute atomic E-state index is 0.0315. The van der Waals surface area contributed by atoms with Gasteiger partial charge in [-0.3, -0.25) is 4.68 Å². The molecule has 7 heteroatoms. The van der Waals surface area contributed by atoms with E-state index in [1.54, 1.807) is 4.68 Å². The first-order valence-electron chi connectivity index (χ1n) is 5.46. The number of halogens is 1. The zero-order chi connectivity index (χ0) is 13.1.